The summed E-state index contributed by atoms with van der Waals surface area (Å²) in [5, 5.41) is 10.6. The van der Waals surface area contributed by atoms with Crippen LogP contribution in [0, 0.1) is 13.8 Å². The molecule has 3 aromatic rings. The van der Waals surface area contributed by atoms with Crippen molar-refractivity contribution in [3.63, 3.8) is 0 Å². The summed E-state index contributed by atoms with van der Waals surface area (Å²) >= 11 is 5.33. The molecular weight excluding hydrogens is 538 g/mol. The van der Waals surface area contributed by atoms with E-state index in [1.54, 1.807) is 32.2 Å². The van der Waals surface area contributed by atoms with Gasteiger partial charge in [-0.25, -0.2) is 10.2 Å². The molecule has 0 spiro atoms. The summed E-state index contributed by atoms with van der Waals surface area (Å²) in [6.07, 6.45) is 2.62. The van der Waals surface area contributed by atoms with Crippen molar-refractivity contribution >= 4 is 35.4 Å². The molecule has 0 fully saturated rings. The molecule has 4 rings (SSSR count). The van der Waals surface area contributed by atoms with Crippen molar-refractivity contribution in [1.29, 1.82) is 0 Å². The number of carbonyl (C=O) groups is 2. The minimum atomic E-state index is -0.603. The maximum atomic E-state index is 12.7. The average molecular weight is 574 g/mol. The van der Waals surface area contributed by atoms with Crippen LogP contribution in [-0.4, -0.2) is 41.0 Å². The molecule has 1 aliphatic heterocycles. The molecule has 2 aromatic carbocycles. The number of carbonyl (C=O) groups excluding carboxylic acids is 2. The van der Waals surface area contributed by atoms with E-state index in [0.29, 0.717) is 27.7 Å². The summed E-state index contributed by atoms with van der Waals surface area (Å²) in [5.41, 5.74) is 9.51. The van der Waals surface area contributed by atoms with Crippen LogP contribution in [0.1, 0.15) is 54.9 Å². The molecule has 1 atom stereocenters. The van der Waals surface area contributed by atoms with Gasteiger partial charge < -0.3 is 24.7 Å². The number of nitrogens with one attached hydrogen (secondary N) is 3. The number of rotatable bonds is 10. The van der Waals surface area contributed by atoms with Crippen LogP contribution in [0.3, 0.4) is 0 Å². The molecule has 214 valence electrons. The summed E-state index contributed by atoms with van der Waals surface area (Å²) in [7, 11) is 0. The Morgan fingerprint density at radius 1 is 1.10 bits per heavy atom. The zero-order chi connectivity index (χ0) is 29.5. The molecule has 0 aliphatic carbocycles. The summed E-state index contributed by atoms with van der Waals surface area (Å²) in [5.74, 6) is -0.455. The van der Waals surface area contributed by atoms with E-state index in [9.17, 15) is 9.59 Å². The number of aryl methyl sites for hydroxylation is 2. The highest BCUT2D eigenvalue weighted by atomic mass is 32.1. The fraction of sp³-hybridized carbons (Fsp3) is 0.290. The fourth-order valence-electron chi connectivity index (χ4n) is 4.80. The van der Waals surface area contributed by atoms with Crippen LogP contribution >= 0.6 is 12.2 Å². The number of thiocarbonyl (C=S) groups is 1. The van der Waals surface area contributed by atoms with Gasteiger partial charge in [0.15, 0.2) is 11.7 Å². The van der Waals surface area contributed by atoms with Crippen LogP contribution < -0.4 is 20.8 Å². The Hall–Kier alpha value is -4.44. The number of allylic oxidation sites excluding steroid dienone is 1. The molecule has 0 radical (unpaired) electrons. The maximum absolute atomic E-state index is 12.7. The van der Waals surface area contributed by atoms with E-state index in [0.717, 1.165) is 29.1 Å². The lowest BCUT2D eigenvalue weighted by Crippen LogP contribution is -2.45. The minimum Gasteiger partial charge on any atom is -0.483 e. The Balaban J connectivity index is 1.43. The number of ether oxygens (including phenoxy) is 2. The number of nitrogens with zero attached hydrogens (tertiary/aromatic N) is 2. The Kier molecular flexibility index (Phi) is 9.57. The van der Waals surface area contributed by atoms with Crippen molar-refractivity contribution < 1.29 is 19.1 Å². The lowest BCUT2D eigenvalue weighted by Gasteiger charge is -2.30. The van der Waals surface area contributed by atoms with Gasteiger partial charge in [-0.2, -0.15) is 5.10 Å². The third kappa shape index (κ3) is 6.83. The van der Waals surface area contributed by atoms with E-state index >= 15 is 0 Å². The van der Waals surface area contributed by atoms with Gasteiger partial charge in [0.2, 0.25) is 0 Å². The van der Waals surface area contributed by atoms with Gasteiger partial charge in [0.25, 0.3) is 5.91 Å². The number of aromatic nitrogens is 1. The van der Waals surface area contributed by atoms with E-state index in [1.807, 2.05) is 32.0 Å². The highest BCUT2D eigenvalue weighted by Gasteiger charge is 2.32. The number of esters is 1. The van der Waals surface area contributed by atoms with Gasteiger partial charge >= 0.3 is 5.97 Å². The molecule has 41 heavy (non-hydrogen) atoms. The fourth-order valence-corrected chi connectivity index (χ4v) is 5.07. The number of hydrazone groups is 1. The first-order chi connectivity index (χ1) is 19.7. The van der Waals surface area contributed by atoms with Crippen LogP contribution in [0.4, 0.5) is 0 Å². The molecule has 1 aliphatic rings. The monoisotopic (exact) mass is 573 g/mol. The minimum absolute atomic E-state index is 0.238. The summed E-state index contributed by atoms with van der Waals surface area (Å²) < 4.78 is 13.3. The van der Waals surface area contributed by atoms with Crippen LogP contribution in [0.15, 0.2) is 71.0 Å². The van der Waals surface area contributed by atoms with Crippen LogP contribution in [0.25, 0.3) is 5.69 Å². The van der Waals surface area contributed by atoms with E-state index in [1.165, 1.54) is 5.56 Å². The predicted molar refractivity (Wildman–Crippen MR) is 163 cm³/mol. The van der Waals surface area contributed by atoms with Gasteiger partial charge in [-0.15, -0.1) is 0 Å². The zero-order valence-electron chi connectivity index (χ0n) is 23.9. The van der Waals surface area contributed by atoms with Crippen LogP contribution in [0.2, 0.25) is 0 Å². The molecule has 0 saturated carbocycles. The number of hydrogen-bond acceptors (Lipinski definition) is 6. The molecule has 0 saturated heterocycles. The van der Waals surface area contributed by atoms with Gasteiger partial charge in [0.05, 0.1) is 24.4 Å². The quantitative estimate of drug-likeness (QED) is 0.142. The standard InChI is InChI=1S/C31H35N5O4S/c1-6-22-12-14-24(15-13-22)36-19(3)16-23(21(36)5)17-32-35-27(37)18-40-26-11-9-8-10-25(26)29-28(30(38)39-7-2)20(4)33-31(41)34-29/h8-17,29H,6-7,18H2,1-5H3,(H,35,37)(H2,33,34,41)/t29-/m1/s1. The number of hydrogen-bond donors (Lipinski definition) is 3. The lowest BCUT2D eigenvalue weighted by molar-refractivity contribution is -0.139. The number of benzene rings is 2. The topological polar surface area (TPSA) is 106 Å². The van der Waals surface area contributed by atoms with Gasteiger partial charge in [-0.3, -0.25) is 4.79 Å². The van der Waals surface area contributed by atoms with Crippen molar-refractivity contribution in [2.45, 2.75) is 47.1 Å². The smallest absolute Gasteiger partial charge is 0.338 e. The first-order valence-corrected chi connectivity index (χ1v) is 13.9. The molecule has 1 amide bonds. The average Bonchev–Trinajstić information content (AvgIpc) is 3.24. The van der Waals surface area contributed by atoms with E-state index in [2.05, 4.69) is 56.9 Å². The van der Waals surface area contributed by atoms with Gasteiger partial charge in [0.1, 0.15) is 5.75 Å². The molecule has 0 bridgehead atoms. The lowest BCUT2D eigenvalue weighted by atomic mass is 9.95. The third-order valence-corrected chi connectivity index (χ3v) is 7.04. The molecule has 3 N–H and O–H groups in total. The van der Waals surface area contributed by atoms with E-state index < -0.39 is 17.9 Å². The van der Waals surface area contributed by atoms with Crippen molar-refractivity contribution in [3.05, 3.63) is 93.9 Å². The van der Waals surface area contributed by atoms with Crippen molar-refractivity contribution in [3.8, 4) is 11.4 Å². The molecule has 2 heterocycles. The predicted octanol–water partition coefficient (Wildman–Crippen LogP) is 4.54. The Morgan fingerprint density at radius 2 is 1.83 bits per heavy atom. The largest absolute Gasteiger partial charge is 0.483 e. The zero-order valence-corrected chi connectivity index (χ0v) is 24.7. The van der Waals surface area contributed by atoms with E-state index in [4.69, 9.17) is 21.7 Å². The second-order valence-electron chi connectivity index (χ2n) is 9.59. The van der Waals surface area contributed by atoms with Crippen molar-refractivity contribution in [2.24, 2.45) is 5.10 Å². The van der Waals surface area contributed by atoms with Gasteiger partial charge in [0, 0.05) is 33.9 Å². The summed E-state index contributed by atoms with van der Waals surface area (Å²) in [6, 6.07) is 17.1. The Morgan fingerprint density at radius 3 is 2.54 bits per heavy atom. The normalized spacial score (nSPS) is 15.0. The summed E-state index contributed by atoms with van der Waals surface area (Å²) in [6.45, 7) is 9.67. The first-order valence-electron chi connectivity index (χ1n) is 13.5. The van der Waals surface area contributed by atoms with Gasteiger partial charge in [-0.1, -0.05) is 37.3 Å². The molecule has 1 aromatic heterocycles. The Bertz CT molecular complexity index is 1510. The Labute approximate surface area is 245 Å². The third-order valence-electron chi connectivity index (χ3n) is 6.82. The maximum Gasteiger partial charge on any atom is 0.338 e. The van der Waals surface area contributed by atoms with E-state index in [-0.39, 0.29) is 13.2 Å². The van der Waals surface area contributed by atoms with Crippen molar-refractivity contribution in [1.82, 2.24) is 20.6 Å². The SMILES string of the molecule is CCOC(=O)C1=C(C)NC(=S)N[C@@H]1c1ccccc1OCC(=O)NN=Cc1cc(C)n(-c2ccc(CC)cc2)c1C. The summed E-state index contributed by atoms with van der Waals surface area (Å²) in [4.78, 5) is 25.3. The second-order valence-corrected chi connectivity index (χ2v) is 10.0. The van der Waals surface area contributed by atoms with Crippen molar-refractivity contribution in [2.75, 3.05) is 13.2 Å². The van der Waals surface area contributed by atoms with Gasteiger partial charge in [-0.05, 0) is 76.2 Å². The highest BCUT2D eigenvalue weighted by molar-refractivity contribution is 7.80. The molecule has 10 heteroatoms. The molecule has 9 nitrogen and oxygen atoms in total. The number of amides is 1. The molecule has 0 unspecified atom stereocenters. The number of para-hydroxylation sites is 1. The van der Waals surface area contributed by atoms with Crippen LogP contribution in [-0.2, 0) is 20.7 Å². The molecular formula is C31H35N5O4S. The van der Waals surface area contributed by atoms with Crippen LogP contribution in [0.5, 0.6) is 5.75 Å². The highest BCUT2D eigenvalue weighted by Crippen LogP contribution is 2.33. The first kappa shape index (κ1) is 29.5. The second kappa shape index (κ2) is 13.3.